The number of halogens is 3. The van der Waals surface area contributed by atoms with E-state index in [4.69, 9.17) is 9.47 Å². The second kappa shape index (κ2) is 12.5. The molecule has 0 radical (unpaired) electrons. The minimum atomic E-state index is -4.75. The number of hydrogen-bond donors (Lipinski definition) is 2. The number of nitrogens with zero attached hydrogens (tertiary/aromatic N) is 1. The number of fused-ring (bicyclic) bond motifs is 10. The van der Waals surface area contributed by atoms with Crippen LogP contribution in [0.25, 0.3) is 10.8 Å². The molecule has 1 aromatic heterocycles. The SMILES string of the molecule is COc1cc([C@H]2c3sc(=O)[nH]c3SC3C2[C@H]2C[C@@H]3C3C(=O)N(c4ccccc4C(F)(F)F)C(=O)C32)ccc1OCC(=O)Nc1ccc2ccccc2c1. The monoisotopic (exact) mass is 757 g/mol. The molecule has 9 nitrogen and oxygen atoms in total. The van der Waals surface area contributed by atoms with Crippen LogP contribution in [0.4, 0.5) is 24.5 Å². The molecule has 4 aromatic carbocycles. The summed E-state index contributed by atoms with van der Waals surface area (Å²) in [5.41, 5.74) is -0.0414. The number of aromatic amines is 1. The van der Waals surface area contributed by atoms with Gasteiger partial charge < -0.3 is 19.8 Å². The highest BCUT2D eigenvalue weighted by atomic mass is 32.2. The van der Waals surface area contributed by atoms with Crippen LogP contribution in [0.1, 0.15) is 28.3 Å². The lowest BCUT2D eigenvalue weighted by Crippen LogP contribution is -2.42. The summed E-state index contributed by atoms with van der Waals surface area (Å²) >= 11 is 2.57. The zero-order valence-corrected chi connectivity index (χ0v) is 29.5. The Bertz CT molecular complexity index is 2390. The van der Waals surface area contributed by atoms with Gasteiger partial charge in [-0.05, 0) is 76.9 Å². The molecule has 0 spiro atoms. The van der Waals surface area contributed by atoms with E-state index in [-0.39, 0.29) is 46.3 Å². The number of ether oxygens (including phenoxy) is 2. The van der Waals surface area contributed by atoms with Gasteiger partial charge in [-0.3, -0.25) is 19.2 Å². The molecule has 9 rings (SSSR count). The van der Waals surface area contributed by atoms with Crippen molar-refractivity contribution in [2.24, 2.45) is 29.6 Å². The highest BCUT2D eigenvalue weighted by Crippen LogP contribution is 2.69. The zero-order chi connectivity index (χ0) is 36.8. The molecule has 4 unspecified atom stereocenters. The van der Waals surface area contributed by atoms with E-state index in [0.29, 0.717) is 28.6 Å². The van der Waals surface area contributed by atoms with Gasteiger partial charge in [0.2, 0.25) is 11.8 Å². The number of benzene rings is 4. The van der Waals surface area contributed by atoms with E-state index in [0.717, 1.165) is 43.5 Å². The third-order valence-corrected chi connectivity index (χ3v) is 13.7. The van der Waals surface area contributed by atoms with Crippen LogP contribution in [-0.2, 0) is 20.6 Å². The number of H-pyrrole nitrogens is 1. The molecule has 7 atom stereocenters. The molecule has 270 valence electrons. The van der Waals surface area contributed by atoms with Gasteiger partial charge in [-0.2, -0.15) is 13.2 Å². The second-order valence-corrected chi connectivity index (χ2v) is 16.0. The van der Waals surface area contributed by atoms with Gasteiger partial charge in [0.15, 0.2) is 18.1 Å². The average Bonchev–Trinajstić information content (AvgIpc) is 3.89. The van der Waals surface area contributed by atoms with Gasteiger partial charge in [-0.25, -0.2) is 4.90 Å². The van der Waals surface area contributed by atoms with Gasteiger partial charge >= 0.3 is 11.0 Å². The Morgan fingerprint density at radius 2 is 1.64 bits per heavy atom. The normalized spacial score (nSPS) is 25.7. The summed E-state index contributed by atoms with van der Waals surface area (Å²) in [5, 5.41) is 5.42. The number of carbonyl (C=O) groups is 3. The van der Waals surface area contributed by atoms with E-state index in [2.05, 4.69) is 10.3 Å². The predicted molar refractivity (Wildman–Crippen MR) is 193 cm³/mol. The van der Waals surface area contributed by atoms with Crippen molar-refractivity contribution in [3.05, 3.63) is 111 Å². The Balaban J connectivity index is 1.000. The molecule has 2 bridgehead atoms. The molecule has 2 N–H and O–H groups in total. The number of thioether (sulfide) groups is 1. The van der Waals surface area contributed by atoms with Crippen LogP contribution in [0.15, 0.2) is 94.7 Å². The van der Waals surface area contributed by atoms with Gasteiger partial charge in [-0.1, -0.05) is 59.9 Å². The Kier molecular flexibility index (Phi) is 7.96. The predicted octanol–water partition coefficient (Wildman–Crippen LogP) is 7.31. The first-order valence-electron chi connectivity index (χ1n) is 17.0. The Morgan fingerprint density at radius 3 is 2.42 bits per heavy atom. The molecule has 5 aromatic rings. The molecule has 3 heterocycles. The van der Waals surface area contributed by atoms with Crippen LogP contribution >= 0.6 is 23.1 Å². The number of alkyl halides is 3. The van der Waals surface area contributed by atoms with Crippen LogP contribution < -0.4 is 24.6 Å². The van der Waals surface area contributed by atoms with Gasteiger partial charge in [0.05, 0.1) is 35.2 Å². The maximum atomic E-state index is 14.1. The summed E-state index contributed by atoms with van der Waals surface area (Å²) in [6, 6.07) is 23.5. The van der Waals surface area contributed by atoms with Crippen molar-refractivity contribution in [3.8, 4) is 11.5 Å². The summed E-state index contributed by atoms with van der Waals surface area (Å²) in [5.74, 6) is -3.54. The van der Waals surface area contributed by atoms with Crippen LogP contribution in [0, 0.1) is 29.6 Å². The fourth-order valence-corrected chi connectivity index (χ4v) is 12.0. The summed E-state index contributed by atoms with van der Waals surface area (Å²) in [6.07, 6.45) is -4.18. The average molecular weight is 758 g/mol. The highest BCUT2D eigenvalue weighted by molar-refractivity contribution is 8.00. The topological polar surface area (TPSA) is 118 Å². The number of para-hydroxylation sites is 1. The number of hydrogen-bond acceptors (Lipinski definition) is 8. The van der Waals surface area contributed by atoms with Crippen LogP contribution in [-0.4, -0.2) is 41.7 Å². The third kappa shape index (κ3) is 5.44. The molecular formula is C39H30F3N3O6S2. The molecule has 3 amide bonds. The molecular weight excluding hydrogens is 728 g/mol. The molecule has 53 heavy (non-hydrogen) atoms. The lowest BCUT2D eigenvalue weighted by Gasteiger charge is -2.43. The van der Waals surface area contributed by atoms with Crippen molar-refractivity contribution in [2.45, 2.75) is 28.8 Å². The number of amides is 3. The number of imide groups is 1. The Labute approximate surface area is 308 Å². The molecule has 14 heteroatoms. The van der Waals surface area contributed by atoms with E-state index in [1.807, 2.05) is 48.5 Å². The summed E-state index contributed by atoms with van der Waals surface area (Å²) < 4.78 is 53.7. The second-order valence-electron chi connectivity index (χ2n) is 13.8. The minimum absolute atomic E-state index is 0.167. The first-order valence-corrected chi connectivity index (χ1v) is 18.7. The fraction of sp³-hybridized carbons (Fsp3) is 0.282. The van der Waals surface area contributed by atoms with E-state index in [1.54, 1.807) is 12.1 Å². The van der Waals surface area contributed by atoms with Crippen molar-refractivity contribution < 1.29 is 37.0 Å². The maximum absolute atomic E-state index is 14.1. The number of rotatable bonds is 7. The van der Waals surface area contributed by atoms with Crippen LogP contribution in [0.5, 0.6) is 11.5 Å². The van der Waals surface area contributed by atoms with Crippen molar-refractivity contribution in [3.63, 3.8) is 0 Å². The first kappa shape index (κ1) is 33.7. The van der Waals surface area contributed by atoms with E-state index in [9.17, 15) is 32.3 Å². The fourth-order valence-electron chi connectivity index (χ4n) is 9.14. The van der Waals surface area contributed by atoms with Gasteiger partial charge in [-0.15, -0.1) is 11.8 Å². The van der Waals surface area contributed by atoms with Crippen molar-refractivity contribution in [1.29, 1.82) is 0 Å². The Morgan fingerprint density at radius 1 is 0.906 bits per heavy atom. The summed E-state index contributed by atoms with van der Waals surface area (Å²) in [7, 11) is 1.49. The van der Waals surface area contributed by atoms with E-state index in [1.165, 1.54) is 37.1 Å². The number of methoxy groups -OCH3 is 1. The van der Waals surface area contributed by atoms with Crippen LogP contribution in [0.2, 0.25) is 0 Å². The quantitative estimate of drug-likeness (QED) is 0.167. The molecule has 3 fully saturated rings. The van der Waals surface area contributed by atoms with Gasteiger partial charge in [0, 0.05) is 21.7 Å². The molecule has 2 saturated carbocycles. The minimum Gasteiger partial charge on any atom is -0.493 e. The van der Waals surface area contributed by atoms with Gasteiger partial charge in [0.25, 0.3) is 5.91 Å². The lowest BCUT2D eigenvalue weighted by molar-refractivity contribution is -0.137. The van der Waals surface area contributed by atoms with Crippen molar-refractivity contribution in [2.75, 3.05) is 23.9 Å². The highest BCUT2D eigenvalue weighted by Gasteiger charge is 2.70. The molecule has 2 aliphatic heterocycles. The smallest absolute Gasteiger partial charge is 0.418 e. The standard InChI is InChI=1S/C39H30F3N3O6S2/c1-50-27-15-20(11-13-26(27)51-17-28(46)43-21-12-10-18-6-2-3-7-19(18)14-21)29-30-22-16-23(33(30)52-35-34(29)53-38(49)44-35)32-31(22)36(47)45(37(32)48)25-9-5-4-8-24(25)39(40,41)42/h2-15,22-23,29-33H,16-17H2,1H3,(H,43,46)(H,44,49)/t22-,23-,29-,30?,31?,32?,33?/m1/s1. The van der Waals surface area contributed by atoms with Crippen LogP contribution in [0.3, 0.4) is 0 Å². The number of anilines is 2. The number of aromatic nitrogens is 1. The number of thiazole rings is 1. The Hall–Kier alpha value is -5.08. The number of nitrogens with one attached hydrogen (secondary N) is 2. The van der Waals surface area contributed by atoms with Crippen molar-refractivity contribution >= 4 is 63.0 Å². The van der Waals surface area contributed by atoms with E-state index < -0.39 is 41.1 Å². The molecule has 1 saturated heterocycles. The summed E-state index contributed by atoms with van der Waals surface area (Å²) in [6.45, 7) is -0.284. The third-order valence-electron chi connectivity index (χ3n) is 11.1. The number of carbonyl (C=O) groups excluding carboxylic acids is 3. The van der Waals surface area contributed by atoms with Gasteiger partial charge in [0.1, 0.15) is 0 Å². The first-order chi connectivity index (χ1) is 25.5. The summed E-state index contributed by atoms with van der Waals surface area (Å²) in [4.78, 5) is 57.9. The lowest BCUT2D eigenvalue weighted by atomic mass is 9.68. The zero-order valence-electron chi connectivity index (χ0n) is 27.9. The van der Waals surface area contributed by atoms with Crippen molar-refractivity contribution in [1.82, 2.24) is 4.98 Å². The largest absolute Gasteiger partial charge is 0.493 e. The molecule has 2 aliphatic carbocycles. The van der Waals surface area contributed by atoms with E-state index >= 15 is 0 Å². The maximum Gasteiger partial charge on any atom is 0.418 e. The molecule has 4 aliphatic rings.